The van der Waals surface area contributed by atoms with Crippen molar-refractivity contribution >= 4 is 5.91 Å². The Morgan fingerprint density at radius 2 is 2.12 bits per heavy atom. The van der Waals surface area contributed by atoms with Gasteiger partial charge >= 0.3 is 0 Å². The fraction of sp³-hybridized carbons (Fsp3) is 0.917. The van der Waals surface area contributed by atoms with Gasteiger partial charge in [-0.2, -0.15) is 0 Å². The van der Waals surface area contributed by atoms with Gasteiger partial charge in [0.05, 0.1) is 6.61 Å². The van der Waals surface area contributed by atoms with Gasteiger partial charge in [0, 0.05) is 26.1 Å². The maximum Gasteiger partial charge on any atom is 0.219 e. The van der Waals surface area contributed by atoms with Crippen LogP contribution in [0.4, 0.5) is 0 Å². The van der Waals surface area contributed by atoms with Crippen molar-refractivity contribution in [3.8, 4) is 0 Å². The molecule has 0 radical (unpaired) electrons. The number of nitrogens with two attached hydrogens (primary N) is 1. The van der Waals surface area contributed by atoms with Gasteiger partial charge in [-0.1, -0.05) is 26.2 Å². The van der Waals surface area contributed by atoms with Crippen LogP contribution in [0.15, 0.2) is 0 Å². The van der Waals surface area contributed by atoms with E-state index in [1.807, 2.05) is 0 Å². The molecule has 0 aromatic carbocycles. The minimum atomic E-state index is 0.0189. The number of ether oxygens (including phenoxy) is 1. The lowest BCUT2D eigenvalue weighted by Crippen LogP contribution is -2.32. The van der Waals surface area contributed by atoms with Crippen molar-refractivity contribution < 1.29 is 9.53 Å². The van der Waals surface area contributed by atoms with Gasteiger partial charge in [0.15, 0.2) is 0 Å². The largest absolute Gasteiger partial charge is 0.383 e. The number of nitrogens with one attached hydrogen (secondary N) is 1. The Hall–Kier alpha value is -0.610. The average Bonchev–Trinajstić information content (AvgIpc) is 2.25. The number of rotatable bonds is 10. The van der Waals surface area contributed by atoms with Gasteiger partial charge in [0.2, 0.25) is 5.91 Å². The molecular formula is C12H26N2O2. The van der Waals surface area contributed by atoms with Gasteiger partial charge in [0.1, 0.15) is 0 Å². The molecule has 3 N–H and O–H groups in total. The van der Waals surface area contributed by atoms with Crippen LogP contribution in [-0.4, -0.2) is 32.2 Å². The Labute approximate surface area is 98.9 Å². The van der Waals surface area contributed by atoms with Gasteiger partial charge < -0.3 is 15.8 Å². The highest BCUT2D eigenvalue weighted by atomic mass is 16.5. The number of carbonyl (C=O) groups is 1. The summed E-state index contributed by atoms with van der Waals surface area (Å²) in [5.41, 5.74) is 5.73. The van der Waals surface area contributed by atoms with Crippen LogP contribution in [0.2, 0.25) is 0 Å². The molecule has 0 saturated heterocycles. The number of hydrogen-bond donors (Lipinski definition) is 2. The molecule has 0 saturated carbocycles. The topological polar surface area (TPSA) is 64.4 Å². The summed E-state index contributed by atoms with van der Waals surface area (Å²) in [6.07, 6.45) is 5.96. The lowest BCUT2D eigenvalue weighted by Gasteiger charge is -2.10. The Morgan fingerprint density at radius 3 is 2.75 bits per heavy atom. The molecule has 0 fully saturated rings. The van der Waals surface area contributed by atoms with Crippen molar-refractivity contribution in [2.75, 3.05) is 20.3 Å². The normalized spacial score (nSPS) is 12.4. The summed E-state index contributed by atoms with van der Waals surface area (Å²) < 4.78 is 4.92. The lowest BCUT2D eigenvalue weighted by molar-refractivity contribution is -0.121. The Bertz CT molecular complexity index is 174. The summed E-state index contributed by atoms with van der Waals surface area (Å²) >= 11 is 0. The van der Waals surface area contributed by atoms with Gasteiger partial charge in [-0.15, -0.1) is 0 Å². The average molecular weight is 230 g/mol. The van der Waals surface area contributed by atoms with Crippen molar-refractivity contribution in [1.82, 2.24) is 5.32 Å². The molecule has 0 heterocycles. The van der Waals surface area contributed by atoms with Crippen LogP contribution < -0.4 is 11.1 Å². The van der Waals surface area contributed by atoms with E-state index in [2.05, 4.69) is 12.2 Å². The number of carbonyl (C=O) groups excluding carboxylic acids is 1. The second-order valence-corrected chi connectivity index (χ2v) is 4.16. The molecule has 0 aromatic heterocycles. The molecule has 4 nitrogen and oxygen atoms in total. The van der Waals surface area contributed by atoms with Crippen molar-refractivity contribution in [2.24, 2.45) is 5.73 Å². The minimum Gasteiger partial charge on any atom is -0.383 e. The van der Waals surface area contributed by atoms with Crippen LogP contribution in [0.3, 0.4) is 0 Å². The summed E-state index contributed by atoms with van der Waals surface area (Å²) in [7, 11) is 1.63. The quantitative estimate of drug-likeness (QED) is 0.558. The van der Waals surface area contributed by atoms with Crippen molar-refractivity contribution in [1.29, 1.82) is 0 Å². The predicted octanol–water partition coefficient (Wildman–Crippen LogP) is 1.44. The SMILES string of the molecule is CCCCCCC(=O)NCCC(N)COC. The van der Waals surface area contributed by atoms with Gasteiger partial charge in [0.25, 0.3) is 0 Å². The first kappa shape index (κ1) is 15.4. The van der Waals surface area contributed by atoms with Gasteiger partial charge in [-0.25, -0.2) is 0 Å². The first-order valence-corrected chi connectivity index (χ1v) is 6.22. The number of hydrogen-bond acceptors (Lipinski definition) is 3. The Morgan fingerprint density at radius 1 is 1.38 bits per heavy atom. The molecule has 0 aliphatic carbocycles. The number of unbranched alkanes of at least 4 members (excludes halogenated alkanes) is 3. The summed E-state index contributed by atoms with van der Waals surface area (Å²) in [6.45, 7) is 3.36. The van der Waals surface area contributed by atoms with E-state index in [1.54, 1.807) is 7.11 Å². The Balaban J connectivity index is 3.29. The zero-order valence-electron chi connectivity index (χ0n) is 10.6. The van der Waals surface area contributed by atoms with Crippen LogP contribution in [0, 0.1) is 0 Å². The molecule has 0 rings (SSSR count). The first-order valence-electron chi connectivity index (χ1n) is 6.22. The summed E-state index contributed by atoms with van der Waals surface area (Å²) in [4.78, 5) is 11.4. The molecule has 1 unspecified atom stereocenters. The summed E-state index contributed by atoms with van der Waals surface area (Å²) in [5, 5.41) is 2.87. The molecule has 1 amide bonds. The molecule has 16 heavy (non-hydrogen) atoms. The first-order chi connectivity index (χ1) is 7.70. The van der Waals surface area contributed by atoms with E-state index in [0.29, 0.717) is 19.6 Å². The maximum atomic E-state index is 11.4. The molecular weight excluding hydrogens is 204 g/mol. The van der Waals surface area contributed by atoms with Gasteiger partial charge in [-0.05, 0) is 12.8 Å². The summed E-state index contributed by atoms with van der Waals surface area (Å²) in [5.74, 6) is 0.140. The number of amides is 1. The van der Waals surface area contributed by atoms with E-state index in [0.717, 1.165) is 19.3 Å². The third-order valence-electron chi connectivity index (χ3n) is 2.48. The zero-order valence-corrected chi connectivity index (χ0v) is 10.6. The molecule has 4 heteroatoms. The highest BCUT2D eigenvalue weighted by Crippen LogP contribution is 2.01. The second kappa shape index (κ2) is 10.9. The fourth-order valence-corrected chi connectivity index (χ4v) is 1.50. The van der Waals surface area contributed by atoms with Crippen molar-refractivity contribution in [3.63, 3.8) is 0 Å². The molecule has 0 bridgehead atoms. The molecule has 0 spiro atoms. The molecule has 0 aliphatic rings. The molecule has 0 aliphatic heterocycles. The van der Waals surface area contributed by atoms with E-state index < -0.39 is 0 Å². The fourth-order valence-electron chi connectivity index (χ4n) is 1.50. The second-order valence-electron chi connectivity index (χ2n) is 4.16. The lowest BCUT2D eigenvalue weighted by atomic mass is 10.1. The third kappa shape index (κ3) is 9.93. The van der Waals surface area contributed by atoms with Crippen molar-refractivity contribution in [2.45, 2.75) is 51.5 Å². The van der Waals surface area contributed by atoms with E-state index in [9.17, 15) is 4.79 Å². The smallest absolute Gasteiger partial charge is 0.219 e. The zero-order chi connectivity index (χ0) is 12.2. The van der Waals surface area contributed by atoms with E-state index >= 15 is 0 Å². The molecule has 1 atom stereocenters. The van der Waals surface area contributed by atoms with E-state index in [1.165, 1.54) is 12.8 Å². The third-order valence-corrected chi connectivity index (χ3v) is 2.48. The van der Waals surface area contributed by atoms with Crippen molar-refractivity contribution in [3.05, 3.63) is 0 Å². The number of methoxy groups -OCH3 is 1. The predicted molar refractivity (Wildman–Crippen MR) is 66.2 cm³/mol. The van der Waals surface area contributed by atoms with Crippen LogP contribution in [-0.2, 0) is 9.53 Å². The monoisotopic (exact) mass is 230 g/mol. The summed E-state index contributed by atoms with van der Waals surface area (Å²) in [6, 6.07) is 0.0189. The van der Waals surface area contributed by atoms with Crippen LogP contribution >= 0.6 is 0 Å². The Kier molecular flexibility index (Phi) is 10.5. The van der Waals surface area contributed by atoms with Gasteiger partial charge in [-0.3, -0.25) is 4.79 Å². The standard InChI is InChI=1S/C12H26N2O2/c1-3-4-5-6-7-12(15)14-9-8-11(13)10-16-2/h11H,3-10,13H2,1-2H3,(H,14,15). The molecule has 0 aromatic rings. The van der Waals surface area contributed by atoms with E-state index in [4.69, 9.17) is 10.5 Å². The maximum absolute atomic E-state index is 11.4. The van der Waals surface area contributed by atoms with Crippen LogP contribution in [0.1, 0.15) is 45.4 Å². The highest BCUT2D eigenvalue weighted by molar-refractivity contribution is 5.75. The minimum absolute atomic E-state index is 0.0189. The highest BCUT2D eigenvalue weighted by Gasteiger charge is 2.03. The van der Waals surface area contributed by atoms with E-state index in [-0.39, 0.29) is 11.9 Å². The van der Waals surface area contributed by atoms with Crippen LogP contribution in [0.25, 0.3) is 0 Å². The molecule has 96 valence electrons. The van der Waals surface area contributed by atoms with Crippen LogP contribution in [0.5, 0.6) is 0 Å².